The van der Waals surface area contributed by atoms with Gasteiger partial charge in [-0.2, -0.15) is 0 Å². The Balaban J connectivity index is 4.33. The molecular formula is C11H14O. The topological polar surface area (TPSA) is 17.1 Å². The fourth-order valence-electron chi connectivity index (χ4n) is 0.570. The minimum Gasteiger partial charge on any atom is -0.295 e. The van der Waals surface area contributed by atoms with Crippen LogP contribution in [0.1, 0.15) is 13.8 Å². The Morgan fingerprint density at radius 2 is 1.58 bits per heavy atom. The number of hydrogen-bond donors (Lipinski definition) is 0. The van der Waals surface area contributed by atoms with Crippen LogP contribution in [0, 0.1) is 0 Å². The molecule has 0 radical (unpaired) electrons. The molecule has 0 saturated heterocycles. The van der Waals surface area contributed by atoms with Crippen LogP contribution < -0.4 is 0 Å². The van der Waals surface area contributed by atoms with Crippen LogP contribution in [0.25, 0.3) is 0 Å². The number of carbonyl (C=O) groups is 1. The molecule has 1 nitrogen and oxygen atoms in total. The van der Waals surface area contributed by atoms with E-state index in [1.807, 2.05) is 6.92 Å². The van der Waals surface area contributed by atoms with Crippen molar-refractivity contribution in [1.82, 2.24) is 0 Å². The summed E-state index contributed by atoms with van der Waals surface area (Å²) in [7, 11) is 0. The Bertz CT molecular complexity index is 267. The van der Waals surface area contributed by atoms with Crippen molar-refractivity contribution in [2.45, 2.75) is 13.8 Å². The van der Waals surface area contributed by atoms with Crippen LogP contribution in [-0.2, 0) is 4.79 Å². The van der Waals surface area contributed by atoms with Crippen LogP contribution in [0.15, 0.2) is 48.6 Å². The molecule has 0 N–H and O–H groups in total. The summed E-state index contributed by atoms with van der Waals surface area (Å²) in [5, 5.41) is 0. The summed E-state index contributed by atoms with van der Waals surface area (Å²) in [6.45, 7) is 14.3. The van der Waals surface area contributed by atoms with Crippen molar-refractivity contribution in [1.29, 1.82) is 0 Å². The lowest BCUT2D eigenvalue weighted by Crippen LogP contribution is -1.95. The van der Waals surface area contributed by atoms with E-state index in [-0.39, 0.29) is 5.78 Å². The summed E-state index contributed by atoms with van der Waals surface area (Å²) in [6.07, 6.45) is 3.54. The molecule has 0 aliphatic heterocycles. The average molecular weight is 162 g/mol. The molecule has 0 bridgehead atoms. The fourth-order valence-corrected chi connectivity index (χ4v) is 0.570. The normalized spacial score (nSPS) is 9.83. The van der Waals surface area contributed by atoms with E-state index in [1.54, 1.807) is 12.2 Å². The van der Waals surface area contributed by atoms with Crippen molar-refractivity contribution >= 4 is 5.78 Å². The van der Waals surface area contributed by atoms with Crippen LogP contribution in [0.3, 0.4) is 0 Å². The maximum absolute atomic E-state index is 10.8. The van der Waals surface area contributed by atoms with Crippen molar-refractivity contribution < 1.29 is 4.79 Å². The first-order valence-corrected chi connectivity index (χ1v) is 3.68. The molecular weight excluding hydrogens is 148 g/mol. The van der Waals surface area contributed by atoms with Gasteiger partial charge in [0.2, 0.25) is 0 Å². The Labute approximate surface area is 73.8 Å². The predicted octanol–water partition coefficient (Wildman–Crippen LogP) is 2.82. The zero-order valence-corrected chi connectivity index (χ0v) is 7.68. The Morgan fingerprint density at radius 3 is 1.92 bits per heavy atom. The summed E-state index contributed by atoms with van der Waals surface area (Å²) in [4.78, 5) is 10.8. The second-order valence-corrected chi connectivity index (χ2v) is 2.74. The molecule has 0 amide bonds. The quantitative estimate of drug-likeness (QED) is 0.459. The summed E-state index contributed by atoms with van der Waals surface area (Å²) < 4.78 is 0. The zero-order valence-electron chi connectivity index (χ0n) is 7.68. The van der Waals surface area contributed by atoms with Crippen molar-refractivity contribution in [3.8, 4) is 0 Å². The van der Waals surface area contributed by atoms with Crippen molar-refractivity contribution in [3.05, 3.63) is 48.6 Å². The van der Waals surface area contributed by atoms with Crippen molar-refractivity contribution in [2.24, 2.45) is 0 Å². The van der Waals surface area contributed by atoms with E-state index < -0.39 is 0 Å². The van der Waals surface area contributed by atoms with Gasteiger partial charge in [0.05, 0.1) is 0 Å². The van der Waals surface area contributed by atoms with Gasteiger partial charge in [-0.1, -0.05) is 37.5 Å². The Hall–Kier alpha value is -1.37. The molecule has 0 aliphatic carbocycles. The van der Waals surface area contributed by atoms with E-state index in [4.69, 9.17) is 0 Å². The molecule has 12 heavy (non-hydrogen) atoms. The zero-order chi connectivity index (χ0) is 9.72. The first-order chi connectivity index (χ1) is 5.45. The summed E-state index contributed by atoms with van der Waals surface area (Å²) >= 11 is 0. The second-order valence-electron chi connectivity index (χ2n) is 2.74. The second kappa shape index (κ2) is 4.50. The van der Waals surface area contributed by atoms with Gasteiger partial charge < -0.3 is 0 Å². The van der Waals surface area contributed by atoms with Gasteiger partial charge in [-0.15, -0.1) is 0 Å². The third-order valence-electron chi connectivity index (χ3n) is 1.38. The summed E-state index contributed by atoms with van der Waals surface area (Å²) in [5.74, 6) is -0.0497. The number of Topliss-reactive ketones (excluding diaryl/α,β-unsaturated/α-hetero) is 1. The highest BCUT2D eigenvalue weighted by Gasteiger charge is 2.00. The van der Waals surface area contributed by atoms with Gasteiger partial charge in [-0.25, -0.2) is 0 Å². The minimum absolute atomic E-state index is 0.0497. The monoisotopic (exact) mass is 162 g/mol. The summed E-state index contributed by atoms with van der Waals surface area (Å²) in [5.41, 5.74) is 2.02. The van der Waals surface area contributed by atoms with Gasteiger partial charge in [0, 0.05) is 5.57 Å². The van der Waals surface area contributed by atoms with Crippen molar-refractivity contribution in [2.75, 3.05) is 0 Å². The third kappa shape index (κ3) is 3.71. The van der Waals surface area contributed by atoms with Gasteiger partial charge in [0.15, 0.2) is 5.78 Å². The van der Waals surface area contributed by atoms with Gasteiger partial charge in [-0.05, 0) is 19.4 Å². The van der Waals surface area contributed by atoms with Gasteiger partial charge in [0.1, 0.15) is 0 Å². The fraction of sp³-hybridized carbons (Fsp3) is 0.182. The van der Waals surface area contributed by atoms with E-state index in [9.17, 15) is 4.79 Å². The van der Waals surface area contributed by atoms with E-state index in [0.717, 1.165) is 5.57 Å². The van der Waals surface area contributed by atoms with Crippen LogP contribution in [-0.4, -0.2) is 5.78 Å². The average Bonchev–Trinajstić information content (AvgIpc) is 1.98. The third-order valence-corrected chi connectivity index (χ3v) is 1.38. The predicted molar refractivity (Wildman–Crippen MR) is 52.9 cm³/mol. The van der Waals surface area contributed by atoms with Crippen LogP contribution in [0.2, 0.25) is 0 Å². The first kappa shape index (κ1) is 10.6. The highest BCUT2D eigenvalue weighted by Crippen LogP contribution is 2.08. The SMILES string of the molecule is C=C(C)/C=C\C(=C)C(=C)C(C)=O. The molecule has 0 unspecified atom stereocenters. The molecule has 0 spiro atoms. The molecule has 0 heterocycles. The molecule has 0 atom stereocenters. The molecule has 1 heteroatoms. The largest absolute Gasteiger partial charge is 0.295 e. The maximum Gasteiger partial charge on any atom is 0.159 e. The molecule has 0 aliphatic rings. The Morgan fingerprint density at radius 1 is 1.08 bits per heavy atom. The van der Waals surface area contributed by atoms with E-state index in [1.165, 1.54) is 6.92 Å². The number of carbonyl (C=O) groups excluding carboxylic acids is 1. The first-order valence-electron chi connectivity index (χ1n) is 3.68. The number of ketones is 1. The summed E-state index contributed by atoms with van der Waals surface area (Å²) in [6, 6.07) is 0. The lowest BCUT2D eigenvalue weighted by molar-refractivity contribution is -0.113. The number of rotatable bonds is 4. The maximum atomic E-state index is 10.8. The molecule has 0 aromatic carbocycles. The van der Waals surface area contributed by atoms with E-state index in [0.29, 0.717) is 11.1 Å². The molecule has 0 rings (SSSR count). The number of hydrogen-bond acceptors (Lipinski definition) is 1. The van der Waals surface area contributed by atoms with E-state index >= 15 is 0 Å². The Kier molecular flexibility index (Phi) is 3.98. The standard InChI is InChI=1S/C11H14O/c1-8(2)6-7-9(3)10(4)11(5)12/h6-7H,1,3-4H2,2,5H3/b7-6-. The molecule has 0 saturated carbocycles. The van der Waals surface area contributed by atoms with Gasteiger partial charge in [0.25, 0.3) is 0 Å². The van der Waals surface area contributed by atoms with Crippen LogP contribution in [0.4, 0.5) is 0 Å². The highest BCUT2D eigenvalue weighted by molar-refractivity contribution is 5.97. The molecule has 64 valence electrons. The van der Waals surface area contributed by atoms with Crippen molar-refractivity contribution in [3.63, 3.8) is 0 Å². The highest BCUT2D eigenvalue weighted by atomic mass is 16.1. The van der Waals surface area contributed by atoms with Gasteiger partial charge in [-0.3, -0.25) is 4.79 Å². The van der Waals surface area contributed by atoms with Gasteiger partial charge >= 0.3 is 0 Å². The van der Waals surface area contributed by atoms with Crippen LogP contribution in [0.5, 0.6) is 0 Å². The lowest BCUT2D eigenvalue weighted by Gasteiger charge is -1.98. The van der Waals surface area contributed by atoms with Crippen LogP contribution >= 0.6 is 0 Å². The minimum atomic E-state index is -0.0497. The smallest absolute Gasteiger partial charge is 0.159 e. The molecule has 0 fully saturated rings. The number of allylic oxidation sites excluding steroid dienone is 5. The lowest BCUT2D eigenvalue weighted by atomic mass is 10.1. The van der Waals surface area contributed by atoms with E-state index in [2.05, 4.69) is 19.7 Å². The molecule has 0 aromatic rings. The molecule has 0 aromatic heterocycles.